The second-order valence-corrected chi connectivity index (χ2v) is 5.95. The summed E-state index contributed by atoms with van der Waals surface area (Å²) in [5.41, 5.74) is 2.10. The maximum atomic E-state index is 12.9. The van der Waals surface area contributed by atoms with Crippen molar-refractivity contribution < 1.29 is 18.3 Å². The van der Waals surface area contributed by atoms with Gasteiger partial charge in [0.15, 0.2) is 11.5 Å². The Morgan fingerprint density at radius 1 is 1.25 bits per heavy atom. The molecule has 0 unspecified atom stereocenters. The molecule has 7 nitrogen and oxygen atoms in total. The average Bonchev–Trinajstić information content (AvgIpc) is 3.34. The molecule has 3 aromatic heterocycles. The summed E-state index contributed by atoms with van der Waals surface area (Å²) in [7, 11) is 0. The minimum atomic E-state index is -0.154. The van der Waals surface area contributed by atoms with Gasteiger partial charge < -0.3 is 18.4 Å². The van der Waals surface area contributed by atoms with E-state index in [4.69, 9.17) is 13.5 Å². The van der Waals surface area contributed by atoms with Crippen molar-refractivity contribution >= 4 is 5.91 Å². The van der Waals surface area contributed by atoms with E-state index in [-0.39, 0.29) is 17.6 Å². The third kappa shape index (κ3) is 2.33. The van der Waals surface area contributed by atoms with E-state index in [9.17, 15) is 4.79 Å². The molecule has 0 bridgehead atoms. The lowest BCUT2D eigenvalue weighted by atomic mass is 10.0. The molecule has 0 N–H and O–H groups in total. The Kier molecular flexibility index (Phi) is 3.48. The molecule has 1 aliphatic heterocycles. The molecule has 0 radical (unpaired) electrons. The summed E-state index contributed by atoms with van der Waals surface area (Å²) in [6, 6.07) is 5.10. The number of hydrogen-bond donors (Lipinski definition) is 0. The van der Waals surface area contributed by atoms with Crippen molar-refractivity contribution in [3.8, 4) is 11.5 Å². The first-order chi connectivity index (χ1) is 11.6. The molecule has 4 heterocycles. The number of amides is 1. The molecule has 7 heteroatoms. The second kappa shape index (κ2) is 5.67. The first-order valence-electron chi connectivity index (χ1n) is 7.89. The van der Waals surface area contributed by atoms with Crippen LogP contribution in [0.3, 0.4) is 0 Å². The van der Waals surface area contributed by atoms with Crippen LogP contribution in [-0.4, -0.2) is 27.7 Å². The predicted molar refractivity (Wildman–Crippen MR) is 83.2 cm³/mol. The molecule has 0 aliphatic carbocycles. The van der Waals surface area contributed by atoms with Crippen LogP contribution in [0.1, 0.15) is 46.4 Å². The number of likely N-dealkylation sites (tertiary alicyclic amines) is 1. The summed E-state index contributed by atoms with van der Waals surface area (Å²) in [4.78, 5) is 14.7. The summed E-state index contributed by atoms with van der Waals surface area (Å²) in [6.45, 7) is 4.45. The molecule has 0 aromatic carbocycles. The zero-order valence-electron chi connectivity index (χ0n) is 13.5. The lowest BCUT2D eigenvalue weighted by Crippen LogP contribution is -2.31. The average molecular weight is 327 g/mol. The minimum absolute atomic E-state index is 0.0347. The first-order valence-corrected chi connectivity index (χ1v) is 7.89. The van der Waals surface area contributed by atoms with Crippen molar-refractivity contribution in [3.63, 3.8) is 0 Å². The Morgan fingerprint density at radius 3 is 2.83 bits per heavy atom. The molecule has 1 atom stereocenters. The smallest absolute Gasteiger partial charge is 0.276 e. The summed E-state index contributed by atoms with van der Waals surface area (Å²) < 4.78 is 15.8. The third-order valence-electron chi connectivity index (χ3n) is 4.43. The molecular weight excluding hydrogens is 310 g/mol. The van der Waals surface area contributed by atoms with Crippen molar-refractivity contribution in [1.82, 2.24) is 15.2 Å². The van der Waals surface area contributed by atoms with Crippen LogP contribution in [0.25, 0.3) is 11.5 Å². The number of rotatable bonds is 3. The molecule has 0 spiro atoms. The molecule has 0 saturated carbocycles. The number of carbonyl (C=O) groups is 1. The van der Waals surface area contributed by atoms with Gasteiger partial charge in [-0.2, -0.15) is 0 Å². The van der Waals surface area contributed by atoms with Crippen molar-refractivity contribution in [2.75, 3.05) is 6.54 Å². The van der Waals surface area contributed by atoms with E-state index >= 15 is 0 Å². The van der Waals surface area contributed by atoms with E-state index in [1.54, 1.807) is 24.5 Å². The number of hydrogen-bond acceptors (Lipinski definition) is 6. The monoisotopic (exact) mass is 327 g/mol. The standard InChI is InChI=1S/C17H17N3O4/c1-10-16(11(2)23-18-10)13-5-3-7-20(13)17(21)12-9-15(24-19-12)14-6-4-8-22-14/h4,6,8-9,13H,3,5,7H2,1-2H3/t13-/m1/s1. The molecule has 1 amide bonds. The SMILES string of the molecule is Cc1noc(C)c1[C@H]1CCCN1C(=O)c1cc(-c2ccco2)on1. The number of furan rings is 1. The summed E-state index contributed by atoms with van der Waals surface area (Å²) in [6.07, 6.45) is 3.37. The highest BCUT2D eigenvalue weighted by atomic mass is 16.5. The molecule has 4 rings (SSSR count). The molecule has 1 saturated heterocycles. The van der Waals surface area contributed by atoms with Gasteiger partial charge in [0, 0.05) is 18.2 Å². The third-order valence-corrected chi connectivity index (χ3v) is 4.43. The quantitative estimate of drug-likeness (QED) is 0.731. The van der Waals surface area contributed by atoms with Crippen LogP contribution in [0.15, 0.2) is 37.9 Å². The highest BCUT2D eigenvalue weighted by molar-refractivity contribution is 5.93. The van der Waals surface area contributed by atoms with Gasteiger partial charge in [-0.3, -0.25) is 4.79 Å². The zero-order chi connectivity index (χ0) is 16.7. The number of aromatic nitrogens is 2. The fourth-order valence-electron chi connectivity index (χ4n) is 3.33. The van der Waals surface area contributed by atoms with E-state index in [1.165, 1.54) is 0 Å². The Balaban J connectivity index is 1.62. The first kappa shape index (κ1) is 14.7. The van der Waals surface area contributed by atoms with Crippen molar-refractivity contribution in [1.29, 1.82) is 0 Å². The normalized spacial score (nSPS) is 17.6. The van der Waals surface area contributed by atoms with Gasteiger partial charge in [-0.15, -0.1) is 0 Å². The zero-order valence-corrected chi connectivity index (χ0v) is 13.5. The van der Waals surface area contributed by atoms with Gasteiger partial charge in [-0.05, 0) is 38.8 Å². The topological polar surface area (TPSA) is 85.5 Å². The van der Waals surface area contributed by atoms with Crippen LogP contribution < -0.4 is 0 Å². The lowest BCUT2D eigenvalue weighted by molar-refractivity contribution is 0.0724. The van der Waals surface area contributed by atoms with Gasteiger partial charge in [0.05, 0.1) is 18.0 Å². The predicted octanol–water partition coefficient (Wildman–Crippen LogP) is 3.52. The summed E-state index contributed by atoms with van der Waals surface area (Å²) in [5.74, 6) is 1.59. The van der Waals surface area contributed by atoms with Gasteiger partial charge >= 0.3 is 0 Å². The van der Waals surface area contributed by atoms with Crippen LogP contribution in [0, 0.1) is 13.8 Å². The molecule has 1 aliphatic rings. The Hall–Kier alpha value is -2.83. The Morgan fingerprint density at radius 2 is 2.12 bits per heavy atom. The van der Waals surface area contributed by atoms with E-state index in [2.05, 4.69) is 10.3 Å². The van der Waals surface area contributed by atoms with Crippen LogP contribution in [0.2, 0.25) is 0 Å². The van der Waals surface area contributed by atoms with Gasteiger partial charge in [0.25, 0.3) is 5.91 Å². The number of aryl methyl sites for hydroxylation is 2. The minimum Gasteiger partial charge on any atom is -0.461 e. The van der Waals surface area contributed by atoms with Crippen molar-refractivity contribution in [3.05, 3.63) is 47.2 Å². The van der Waals surface area contributed by atoms with Gasteiger partial charge in [-0.1, -0.05) is 10.3 Å². The van der Waals surface area contributed by atoms with Crippen molar-refractivity contribution in [2.24, 2.45) is 0 Å². The molecular formula is C17H17N3O4. The van der Waals surface area contributed by atoms with Crippen LogP contribution in [0.4, 0.5) is 0 Å². The number of carbonyl (C=O) groups excluding carboxylic acids is 1. The number of nitrogens with zero attached hydrogens (tertiary/aromatic N) is 3. The van der Waals surface area contributed by atoms with E-state index < -0.39 is 0 Å². The fourth-order valence-corrected chi connectivity index (χ4v) is 3.33. The summed E-state index contributed by atoms with van der Waals surface area (Å²) >= 11 is 0. The van der Waals surface area contributed by atoms with Crippen molar-refractivity contribution in [2.45, 2.75) is 32.7 Å². The second-order valence-electron chi connectivity index (χ2n) is 5.95. The van der Waals surface area contributed by atoms with E-state index in [0.717, 1.165) is 29.9 Å². The molecule has 124 valence electrons. The van der Waals surface area contributed by atoms with Gasteiger partial charge in [0.1, 0.15) is 5.76 Å². The molecule has 1 fully saturated rings. The summed E-state index contributed by atoms with van der Waals surface area (Å²) in [5, 5.41) is 7.92. The van der Waals surface area contributed by atoms with E-state index in [1.807, 2.05) is 18.7 Å². The highest BCUT2D eigenvalue weighted by Gasteiger charge is 2.35. The fraction of sp³-hybridized carbons (Fsp3) is 0.353. The molecule has 3 aromatic rings. The van der Waals surface area contributed by atoms with Gasteiger partial charge in [0.2, 0.25) is 5.76 Å². The largest absolute Gasteiger partial charge is 0.461 e. The van der Waals surface area contributed by atoms with Crippen LogP contribution in [-0.2, 0) is 0 Å². The Bertz CT molecular complexity index is 843. The molecule has 24 heavy (non-hydrogen) atoms. The van der Waals surface area contributed by atoms with E-state index in [0.29, 0.717) is 18.1 Å². The highest BCUT2D eigenvalue weighted by Crippen LogP contribution is 2.36. The van der Waals surface area contributed by atoms with Crippen LogP contribution in [0.5, 0.6) is 0 Å². The maximum Gasteiger partial charge on any atom is 0.276 e. The van der Waals surface area contributed by atoms with Gasteiger partial charge in [-0.25, -0.2) is 0 Å². The lowest BCUT2D eigenvalue weighted by Gasteiger charge is -2.23. The maximum absolute atomic E-state index is 12.9. The van der Waals surface area contributed by atoms with Crippen LogP contribution >= 0.6 is 0 Å². The Labute approximate surface area is 138 Å².